The summed E-state index contributed by atoms with van der Waals surface area (Å²) >= 11 is 0. The standard InChI is InChI=1S/C13H18N2O4/c1-4-8(2)9(3)14-10-5-6-12(15(18)19)11(7-10)13(16)17/h5-9,14H,4H2,1-3H3,(H,16,17). The Morgan fingerprint density at radius 1 is 1.47 bits per heavy atom. The Labute approximate surface area is 111 Å². The van der Waals surface area contributed by atoms with Crippen molar-refractivity contribution in [2.24, 2.45) is 5.92 Å². The predicted octanol–water partition coefficient (Wildman–Crippen LogP) is 3.14. The number of nitro groups is 1. The largest absolute Gasteiger partial charge is 0.477 e. The zero-order valence-electron chi connectivity index (χ0n) is 11.2. The molecule has 19 heavy (non-hydrogen) atoms. The van der Waals surface area contributed by atoms with E-state index in [2.05, 4.69) is 19.2 Å². The third-order valence-corrected chi connectivity index (χ3v) is 3.32. The van der Waals surface area contributed by atoms with Crippen molar-refractivity contribution in [2.45, 2.75) is 33.2 Å². The van der Waals surface area contributed by atoms with Crippen molar-refractivity contribution in [1.82, 2.24) is 0 Å². The van der Waals surface area contributed by atoms with E-state index in [9.17, 15) is 14.9 Å². The summed E-state index contributed by atoms with van der Waals surface area (Å²) in [5.41, 5.74) is -0.114. The fourth-order valence-corrected chi connectivity index (χ4v) is 1.72. The lowest BCUT2D eigenvalue weighted by atomic mass is 10.0. The van der Waals surface area contributed by atoms with Gasteiger partial charge in [0.2, 0.25) is 0 Å². The molecular formula is C13H18N2O4. The van der Waals surface area contributed by atoms with Crippen LogP contribution in [0.2, 0.25) is 0 Å². The lowest BCUT2D eigenvalue weighted by Crippen LogP contribution is -2.23. The summed E-state index contributed by atoms with van der Waals surface area (Å²) in [7, 11) is 0. The highest BCUT2D eigenvalue weighted by molar-refractivity contribution is 5.93. The Morgan fingerprint density at radius 3 is 2.58 bits per heavy atom. The Hall–Kier alpha value is -2.11. The summed E-state index contributed by atoms with van der Waals surface area (Å²) in [6.07, 6.45) is 0.993. The van der Waals surface area contributed by atoms with Crippen LogP contribution in [0.4, 0.5) is 11.4 Å². The molecule has 1 rings (SSSR count). The molecule has 2 N–H and O–H groups in total. The average molecular weight is 266 g/mol. The summed E-state index contributed by atoms with van der Waals surface area (Å²) in [6.45, 7) is 6.15. The Morgan fingerprint density at radius 2 is 2.11 bits per heavy atom. The summed E-state index contributed by atoms with van der Waals surface area (Å²) in [5.74, 6) is -0.880. The fourth-order valence-electron chi connectivity index (χ4n) is 1.72. The molecule has 0 aliphatic carbocycles. The number of nitrogens with zero attached hydrogens (tertiary/aromatic N) is 1. The Bertz CT molecular complexity index is 488. The molecule has 0 heterocycles. The van der Waals surface area contributed by atoms with Crippen LogP contribution in [0.5, 0.6) is 0 Å². The van der Waals surface area contributed by atoms with E-state index in [0.29, 0.717) is 11.6 Å². The summed E-state index contributed by atoms with van der Waals surface area (Å²) < 4.78 is 0. The van der Waals surface area contributed by atoms with Crippen molar-refractivity contribution in [3.8, 4) is 0 Å². The first-order valence-corrected chi connectivity index (χ1v) is 6.15. The van der Waals surface area contributed by atoms with E-state index in [-0.39, 0.29) is 11.6 Å². The third kappa shape index (κ3) is 3.67. The number of hydrogen-bond acceptors (Lipinski definition) is 4. The van der Waals surface area contributed by atoms with Gasteiger partial charge in [0.15, 0.2) is 0 Å². The summed E-state index contributed by atoms with van der Waals surface area (Å²) in [6, 6.07) is 4.21. The highest BCUT2D eigenvalue weighted by atomic mass is 16.6. The van der Waals surface area contributed by atoms with Crippen molar-refractivity contribution in [1.29, 1.82) is 0 Å². The lowest BCUT2D eigenvalue weighted by Gasteiger charge is -2.21. The number of carboxylic acid groups (broad SMARTS) is 1. The Kier molecular flexibility index (Phi) is 4.86. The van der Waals surface area contributed by atoms with Crippen molar-refractivity contribution < 1.29 is 14.8 Å². The van der Waals surface area contributed by atoms with Gasteiger partial charge in [-0.3, -0.25) is 10.1 Å². The molecule has 104 valence electrons. The van der Waals surface area contributed by atoms with Crippen molar-refractivity contribution in [2.75, 3.05) is 5.32 Å². The number of carbonyl (C=O) groups is 1. The minimum Gasteiger partial charge on any atom is -0.477 e. The van der Waals surface area contributed by atoms with E-state index in [1.807, 2.05) is 6.92 Å². The van der Waals surface area contributed by atoms with Gasteiger partial charge >= 0.3 is 5.97 Å². The van der Waals surface area contributed by atoms with Gasteiger partial charge in [-0.2, -0.15) is 0 Å². The number of nitrogens with one attached hydrogen (secondary N) is 1. The normalized spacial score (nSPS) is 13.6. The van der Waals surface area contributed by atoms with E-state index in [0.717, 1.165) is 6.42 Å². The highest BCUT2D eigenvalue weighted by Gasteiger charge is 2.20. The van der Waals surface area contributed by atoms with Crippen LogP contribution in [0, 0.1) is 16.0 Å². The number of nitro benzene ring substituents is 1. The molecule has 2 unspecified atom stereocenters. The van der Waals surface area contributed by atoms with Crippen LogP contribution < -0.4 is 5.32 Å². The zero-order valence-corrected chi connectivity index (χ0v) is 11.2. The number of carboxylic acids is 1. The number of anilines is 1. The molecule has 0 aromatic heterocycles. The highest BCUT2D eigenvalue weighted by Crippen LogP contribution is 2.24. The van der Waals surface area contributed by atoms with Crippen LogP contribution in [0.25, 0.3) is 0 Å². The fraction of sp³-hybridized carbons (Fsp3) is 0.462. The van der Waals surface area contributed by atoms with Crippen molar-refractivity contribution in [3.63, 3.8) is 0 Å². The first-order chi connectivity index (χ1) is 8.86. The quantitative estimate of drug-likeness (QED) is 0.609. The minimum absolute atomic E-state index is 0.160. The predicted molar refractivity (Wildman–Crippen MR) is 72.6 cm³/mol. The van der Waals surface area contributed by atoms with E-state index in [1.54, 1.807) is 0 Å². The molecule has 0 aliphatic rings. The second-order valence-corrected chi connectivity index (χ2v) is 4.61. The molecule has 1 aromatic rings. The maximum Gasteiger partial charge on any atom is 0.342 e. The van der Waals surface area contributed by atoms with Gasteiger partial charge in [0.1, 0.15) is 5.56 Å². The van der Waals surface area contributed by atoms with Crippen LogP contribution in [0.15, 0.2) is 18.2 Å². The number of aromatic carboxylic acids is 1. The summed E-state index contributed by atoms with van der Waals surface area (Å²) in [5, 5.41) is 22.9. The van der Waals surface area contributed by atoms with Crippen LogP contribution >= 0.6 is 0 Å². The zero-order chi connectivity index (χ0) is 14.6. The molecule has 6 heteroatoms. The lowest BCUT2D eigenvalue weighted by molar-refractivity contribution is -0.385. The van der Waals surface area contributed by atoms with E-state index in [1.165, 1.54) is 18.2 Å². The molecular weight excluding hydrogens is 248 g/mol. The maximum absolute atomic E-state index is 11.0. The first kappa shape index (κ1) is 14.9. The van der Waals surface area contributed by atoms with Gasteiger partial charge in [0, 0.05) is 17.8 Å². The van der Waals surface area contributed by atoms with Crippen LogP contribution in [-0.4, -0.2) is 22.0 Å². The minimum atomic E-state index is -1.30. The third-order valence-electron chi connectivity index (χ3n) is 3.32. The SMILES string of the molecule is CCC(C)C(C)Nc1ccc([N+](=O)[O-])c(C(=O)O)c1. The Balaban J connectivity index is 3.02. The molecule has 2 atom stereocenters. The van der Waals surface area contributed by atoms with Crippen LogP contribution in [0.3, 0.4) is 0 Å². The molecule has 0 saturated carbocycles. The van der Waals surface area contributed by atoms with Gasteiger partial charge in [0.05, 0.1) is 4.92 Å². The topological polar surface area (TPSA) is 92.5 Å². The molecule has 1 aromatic carbocycles. The van der Waals surface area contributed by atoms with Gasteiger partial charge < -0.3 is 10.4 Å². The molecule has 0 aliphatic heterocycles. The van der Waals surface area contributed by atoms with Crippen molar-refractivity contribution >= 4 is 17.3 Å². The average Bonchev–Trinajstić information content (AvgIpc) is 2.37. The molecule has 0 fully saturated rings. The molecule has 0 bridgehead atoms. The van der Waals surface area contributed by atoms with E-state index in [4.69, 9.17) is 5.11 Å². The van der Waals surface area contributed by atoms with Gasteiger partial charge in [-0.1, -0.05) is 20.3 Å². The number of rotatable bonds is 6. The van der Waals surface area contributed by atoms with Crippen molar-refractivity contribution in [3.05, 3.63) is 33.9 Å². The first-order valence-electron chi connectivity index (χ1n) is 6.15. The second-order valence-electron chi connectivity index (χ2n) is 4.61. The van der Waals surface area contributed by atoms with Gasteiger partial charge in [-0.05, 0) is 25.0 Å². The number of hydrogen-bond donors (Lipinski definition) is 2. The molecule has 0 spiro atoms. The van der Waals surface area contributed by atoms with Gasteiger partial charge in [-0.15, -0.1) is 0 Å². The van der Waals surface area contributed by atoms with E-state index < -0.39 is 16.6 Å². The molecule has 0 saturated heterocycles. The van der Waals surface area contributed by atoms with E-state index >= 15 is 0 Å². The van der Waals surface area contributed by atoms with Crippen LogP contribution in [0.1, 0.15) is 37.6 Å². The van der Waals surface area contributed by atoms with Crippen LogP contribution in [-0.2, 0) is 0 Å². The number of benzene rings is 1. The molecule has 0 radical (unpaired) electrons. The van der Waals surface area contributed by atoms with Gasteiger partial charge in [0.25, 0.3) is 5.69 Å². The monoisotopic (exact) mass is 266 g/mol. The van der Waals surface area contributed by atoms with Gasteiger partial charge in [-0.25, -0.2) is 4.79 Å². The summed E-state index contributed by atoms with van der Waals surface area (Å²) in [4.78, 5) is 21.1. The molecule has 6 nitrogen and oxygen atoms in total. The molecule has 0 amide bonds. The smallest absolute Gasteiger partial charge is 0.342 e. The second kappa shape index (κ2) is 6.17. The maximum atomic E-state index is 11.0.